The molecular formula is C21H26O2. The highest BCUT2D eigenvalue weighted by molar-refractivity contribution is 6.02. The molecule has 4 aliphatic rings. The molecule has 0 radical (unpaired) electrons. The summed E-state index contributed by atoms with van der Waals surface area (Å²) >= 11 is 0. The lowest BCUT2D eigenvalue weighted by molar-refractivity contribution is -0.137. The first-order chi connectivity index (χ1) is 10.7. The van der Waals surface area contributed by atoms with Gasteiger partial charge in [-0.15, -0.1) is 0 Å². The highest BCUT2D eigenvalue weighted by atomic mass is 16.1. The second-order valence-corrected chi connectivity index (χ2v) is 8.89. The Morgan fingerprint density at radius 3 is 2.61 bits per heavy atom. The summed E-state index contributed by atoms with van der Waals surface area (Å²) in [5, 5.41) is 0. The number of rotatable bonds is 0. The van der Waals surface area contributed by atoms with E-state index in [1.165, 1.54) is 0 Å². The molecule has 0 spiro atoms. The van der Waals surface area contributed by atoms with E-state index >= 15 is 0 Å². The zero-order valence-electron chi connectivity index (χ0n) is 14.4. The SMILES string of the molecule is C=C1C[C@]2(C)[C@H](CC[C@]3(C)C(=O)CC[C@@H]23)[C@@]2(C)C=CC(=O)C=C12. The Bertz CT molecular complexity index is 697. The quantitative estimate of drug-likeness (QED) is 0.663. The average Bonchev–Trinajstić information content (AvgIpc) is 2.78. The van der Waals surface area contributed by atoms with E-state index in [0.29, 0.717) is 17.6 Å². The van der Waals surface area contributed by atoms with Crippen LogP contribution in [0.1, 0.15) is 52.9 Å². The number of carbonyl (C=O) groups is 2. The van der Waals surface area contributed by atoms with Gasteiger partial charge in [0.05, 0.1) is 0 Å². The molecule has 0 aromatic rings. The van der Waals surface area contributed by atoms with Gasteiger partial charge in [0, 0.05) is 17.3 Å². The van der Waals surface area contributed by atoms with Crippen LogP contribution < -0.4 is 0 Å². The third-order valence-electron chi connectivity index (χ3n) is 7.77. The van der Waals surface area contributed by atoms with Crippen LogP contribution in [0.5, 0.6) is 0 Å². The first kappa shape index (κ1) is 15.1. The van der Waals surface area contributed by atoms with Crippen molar-refractivity contribution in [2.24, 2.45) is 28.1 Å². The molecule has 0 heterocycles. The number of carbonyl (C=O) groups excluding carboxylic acids is 2. The Morgan fingerprint density at radius 1 is 1.13 bits per heavy atom. The summed E-state index contributed by atoms with van der Waals surface area (Å²) in [4.78, 5) is 24.4. The van der Waals surface area contributed by atoms with E-state index in [1.807, 2.05) is 0 Å². The predicted molar refractivity (Wildman–Crippen MR) is 90.8 cm³/mol. The second-order valence-electron chi connectivity index (χ2n) is 8.89. The molecule has 0 aromatic heterocycles. The maximum Gasteiger partial charge on any atom is 0.178 e. The molecule has 0 amide bonds. The number of hydrogen-bond donors (Lipinski definition) is 0. The minimum Gasteiger partial charge on any atom is -0.299 e. The van der Waals surface area contributed by atoms with Gasteiger partial charge >= 0.3 is 0 Å². The van der Waals surface area contributed by atoms with E-state index in [-0.39, 0.29) is 22.0 Å². The van der Waals surface area contributed by atoms with Crippen molar-refractivity contribution in [1.29, 1.82) is 0 Å². The number of fused-ring (bicyclic) bond motifs is 5. The maximum absolute atomic E-state index is 12.5. The molecule has 0 unspecified atom stereocenters. The molecule has 23 heavy (non-hydrogen) atoms. The van der Waals surface area contributed by atoms with Crippen LogP contribution in [0, 0.1) is 28.1 Å². The summed E-state index contributed by atoms with van der Waals surface area (Å²) in [5.74, 6) is 1.48. The first-order valence-electron chi connectivity index (χ1n) is 8.89. The summed E-state index contributed by atoms with van der Waals surface area (Å²) in [6.45, 7) is 11.2. The van der Waals surface area contributed by atoms with Gasteiger partial charge in [-0.1, -0.05) is 39.0 Å². The molecule has 2 heteroatoms. The van der Waals surface area contributed by atoms with Crippen molar-refractivity contribution in [1.82, 2.24) is 0 Å². The molecule has 4 aliphatic carbocycles. The van der Waals surface area contributed by atoms with Crippen LogP contribution in [-0.4, -0.2) is 11.6 Å². The van der Waals surface area contributed by atoms with Crippen molar-refractivity contribution in [2.75, 3.05) is 0 Å². The predicted octanol–water partition coefficient (Wildman–Crippen LogP) is 4.42. The van der Waals surface area contributed by atoms with Crippen molar-refractivity contribution in [3.05, 3.63) is 36.0 Å². The van der Waals surface area contributed by atoms with Crippen LogP contribution in [0.3, 0.4) is 0 Å². The van der Waals surface area contributed by atoms with Crippen LogP contribution in [-0.2, 0) is 9.59 Å². The monoisotopic (exact) mass is 310 g/mol. The lowest BCUT2D eigenvalue weighted by atomic mass is 9.41. The minimum atomic E-state index is -0.142. The van der Waals surface area contributed by atoms with Gasteiger partial charge in [-0.25, -0.2) is 0 Å². The van der Waals surface area contributed by atoms with Crippen LogP contribution >= 0.6 is 0 Å². The summed E-state index contributed by atoms with van der Waals surface area (Å²) in [6, 6.07) is 0. The van der Waals surface area contributed by atoms with Crippen molar-refractivity contribution >= 4 is 11.6 Å². The summed E-state index contributed by atoms with van der Waals surface area (Å²) in [6.07, 6.45) is 10.4. The fourth-order valence-electron chi connectivity index (χ4n) is 6.73. The minimum absolute atomic E-state index is 0.0823. The van der Waals surface area contributed by atoms with Crippen molar-refractivity contribution in [3.63, 3.8) is 0 Å². The summed E-state index contributed by atoms with van der Waals surface area (Å²) < 4.78 is 0. The van der Waals surface area contributed by atoms with E-state index in [2.05, 4.69) is 33.4 Å². The van der Waals surface area contributed by atoms with Gasteiger partial charge in [-0.3, -0.25) is 9.59 Å². The molecule has 2 nitrogen and oxygen atoms in total. The van der Waals surface area contributed by atoms with Gasteiger partial charge in [0.15, 0.2) is 5.78 Å². The molecule has 122 valence electrons. The second kappa shape index (κ2) is 4.34. The summed E-state index contributed by atoms with van der Waals surface area (Å²) in [5.41, 5.74) is 2.10. The Labute approximate surface area is 138 Å². The van der Waals surface area contributed by atoms with Gasteiger partial charge < -0.3 is 0 Å². The van der Waals surface area contributed by atoms with E-state index in [1.54, 1.807) is 12.2 Å². The number of Topliss-reactive ketones (excluding diaryl/α,β-unsaturated/α-hetero) is 1. The van der Waals surface area contributed by atoms with Gasteiger partial charge in [0.1, 0.15) is 5.78 Å². The highest BCUT2D eigenvalue weighted by Crippen LogP contribution is 2.69. The van der Waals surface area contributed by atoms with Crippen LogP contribution in [0.15, 0.2) is 36.0 Å². The molecule has 3 saturated carbocycles. The zero-order chi connectivity index (χ0) is 16.6. The molecule has 0 N–H and O–H groups in total. The van der Waals surface area contributed by atoms with Gasteiger partial charge in [0.25, 0.3) is 0 Å². The largest absolute Gasteiger partial charge is 0.299 e. The number of ketones is 2. The molecule has 0 saturated heterocycles. The van der Waals surface area contributed by atoms with Crippen molar-refractivity contribution in [2.45, 2.75) is 52.9 Å². The molecular weight excluding hydrogens is 284 g/mol. The van der Waals surface area contributed by atoms with Crippen molar-refractivity contribution < 1.29 is 9.59 Å². The summed E-state index contributed by atoms with van der Waals surface area (Å²) in [7, 11) is 0. The highest BCUT2D eigenvalue weighted by Gasteiger charge is 2.64. The van der Waals surface area contributed by atoms with Crippen molar-refractivity contribution in [3.8, 4) is 0 Å². The molecule has 0 bridgehead atoms. The lowest BCUT2D eigenvalue weighted by Crippen LogP contribution is -2.56. The zero-order valence-corrected chi connectivity index (χ0v) is 14.4. The molecule has 0 aromatic carbocycles. The normalized spacial score (nSPS) is 48.7. The maximum atomic E-state index is 12.5. The van der Waals surface area contributed by atoms with Crippen LogP contribution in [0.4, 0.5) is 0 Å². The number of hydrogen-bond acceptors (Lipinski definition) is 2. The molecule has 4 rings (SSSR count). The lowest BCUT2D eigenvalue weighted by Gasteiger charge is -2.62. The fourth-order valence-corrected chi connectivity index (χ4v) is 6.73. The van der Waals surface area contributed by atoms with Gasteiger partial charge in [-0.2, -0.15) is 0 Å². The molecule has 0 aliphatic heterocycles. The molecule has 5 atom stereocenters. The Morgan fingerprint density at radius 2 is 1.87 bits per heavy atom. The van der Waals surface area contributed by atoms with E-state index in [0.717, 1.165) is 43.3 Å². The first-order valence-corrected chi connectivity index (χ1v) is 8.89. The van der Waals surface area contributed by atoms with Crippen LogP contribution in [0.25, 0.3) is 0 Å². The van der Waals surface area contributed by atoms with Gasteiger partial charge in [-0.05, 0) is 60.7 Å². The van der Waals surface area contributed by atoms with E-state index in [9.17, 15) is 9.59 Å². The van der Waals surface area contributed by atoms with Gasteiger partial charge in [0.2, 0.25) is 0 Å². The van der Waals surface area contributed by atoms with E-state index < -0.39 is 0 Å². The Balaban J connectivity index is 1.84. The standard InChI is InChI=1S/C21H26O2/c1-13-12-21(4)16-5-6-18(23)20(16,3)10-8-17(21)19(2)9-7-14(22)11-15(13)19/h7,9,11,16-17H,1,5-6,8,10,12H2,2-4H3/t16-,17-,19+,20+,21+/m1/s1. The number of allylic oxidation sites excluding steroid dienone is 5. The third kappa shape index (κ3) is 1.70. The average molecular weight is 310 g/mol. The third-order valence-corrected chi connectivity index (χ3v) is 7.77. The smallest absolute Gasteiger partial charge is 0.178 e. The molecule has 3 fully saturated rings. The van der Waals surface area contributed by atoms with Crippen LogP contribution in [0.2, 0.25) is 0 Å². The Kier molecular flexibility index (Phi) is 2.85. The topological polar surface area (TPSA) is 34.1 Å². The fraction of sp³-hybridized carbons (Fsp3) is 0.619. The van der Waals surface area contributed by atoms with E-state index in [4.69, 9.17) is 0 Å². The Hall–Kier alpha value is -1.44.